The molecule has 0 spiro atoms. The molecule has 0 fully saturated rings. The van der Waals surface area contributed by atoms with E-state index in [4.69, 9.17) is 0 Å². The second kappa shape index (κ2) is 5.93. The number of nitrogens with one attached hydrogen (secondary N) is 2. The summed E-state index contributed by atoms with van der Waals surface area (Å²) in [6.45, 7) is 6.23. The molecule has 1 heterocycles. The maximum absolute atomic E-state index is 4.34. The molecule has 0 radical (unpaired) electrons. The Morgan fingerprint density at radius 1 is 1.43 bits per heavy atom. The lowest BCUT2D eigenvalue weighted by molar-refractivity contribution is 0.569. The van der Waals surface area contributed by atoms with Gasteiger partial charge in [0.15, 0.2) is 0 Å². The third-order valence-corrected chi connectivity index (χ3v) is 2.65. The van der Waals surface area contributed by atoms with Crippen LogP contribution >= 0.6 is 11.5 Å². The van der Waals surface area contributed by atoms with E-state index in [-0.39, 0.29) is 0 Å². The molecule has 0 aliphatic heterocycles. The average molecular weight is 214 g/mol. The van der Waals surface area contributed by atoms with Crippen molar-refractivity contribution < 1.29 is 0 Å². The number of anilines is 1. The van der Waals surface area contributed by atoms with Crippen LogP contribution in [0, 0.1) is 5.92 Å². The van der Waals surface area contributed by atoms with E-state index >= 15 is 0 Å². The summed E-state index contributed by atoms with van der Waals surface area (Å²) in [5, 5.41) is 7.37. The molecule has 0 aliphatic rings. The fraction of sp³-hybridized carbons (Fsp3) is 0.778. The molecular weight excluding hydrogens is 196 g/mol. The first-order valence-electron chi connectivity index (χ1n) is 4.97. The smallest absolute Gasteiger partial charge is 0.202 e. The number of aryl methyl sites for hydroxylation is 1. The second-order valence-corrected chi connectivity index (χ2v) is 4.16. The molecule has 0 amide bonds. The molecule has 5 heteroatoms. The first kappa shape index (κ1) is 11.4. The van der Waals surface area contributed by atoms with Crippen molar-refractivity contribution in [1.29, 1.82) is 0 Å². The molecule has 1 aromatic heterocycles. The van der Waals surface area contributed by atoms with Crippen LogP contribution in [0.5, 0.6) is 0 Å². The molecule has 0 saturated heterocycles. The van der Waals surface area contributed by atoms with Gasteiger partial charge in [-0.1, -0.05) is 13.8 Å². The van der Waals surface area contributed by atoms with Crippen molar-refractivity contribution in [3.05, 3.63) is 5.82 Å². The van der Waals surface area contributed by atoms with Gasteiger partial charge in [0.25, 0.3) is 0 Å². The quantitative estimate of drug-likeness (QED) is 0.751. The number of aromatic nitrogens is 2. The van der Waals surface area contributed by atoms with E-state index in [0.717, 1.165) is 30.5 Å². The Labute approximate surface area is 89.3 Å². The van der Waals surface area contributed by atoms with Gasteiger partial charge in [-0.05, 0) is 19.5 Å². The Balaban J connectivity index is 2.30. The van der Waals surface area contributed by atoms with Gasteiger partial charge < -0.3 is 10.6 Å². The van der Waals surface area contributed by atoms with Gasteiger partial charge >= 0.3 is 0 Å². The van der Waals surface area contributed by atoms with E-state index in [1.54, 1.807) is 0 Å². The van der Waals surface area contributed by atoms with Gasteiger partial charge in [-0.25, -0.2) is 4.98 Å². The molecule has 1 rings (SSSR count). The minimum Gasteiger partial charge on any atom is -0.360 e. The van der Waals surface area contributed by atoms with Crippen LogP contribution in [0.2, 0.25) is 0 Å². The predicted molar refractivity (Wildman–Crippen MR) is 60.9 cm³/mol. The van der Waals surface area contributed by atoms with Crippen molar-refractivity contribution in [1.82, 2.24) is 14.7 Å². The van der Waals surface area contributed by atoms with Crippen LogP contribution in [0.1, 0.15) is 19.7 Å². The molecule has 0 aliphatic carbocycles. The maximum atomic E-state index is 4.34. The Bertz CT molecular complexity index is 261. The summed E-state index contributed by atoms with van der Waals surface area (Å²) in [5.41, 5.74) is 0. The Morgan fingerprint density at radius 2 is 2.21 bits per heavy atom. The van der Waals surface area contributed by atoms with Crippen LogP contribution in [-0.4, -0.2) is 29.5 Å². The van der Waals surface area contributed by atoms with Gasteiger partial charge in [0.1, 0.15) is 5.82 Å². The molecule has 0 bridgehead atoms. The molecular formula is C9H18N4S. The van der Waals surface area contributed by atoms with Gasteiger partial charge in [-0.2, -0.15) is 4.37 Å². The minimum atomic E-state index is 0.606. The van der Waals surface area contributed by atoms with E-state index in [1.807, 2.05) is 7.05 Å². The largest absolute Gasteiger partial charge is 0.360 e. The maximum Gasteiger partial charge on any atom is 0.202 e. The Hall–Kier alpha value is -0.680. The molecule has 4 nitrogen and oxygen atoms in total. The van der Waals surface area contributed by atoms with E-state index in [1.165, 1.54) is 11.5 Å². The van der Waals surface area contributed by atoms with Crippen LogP contribution in [0.3, 0.4) is 0 Å². The van der Waals surface area contributed by atoms with Crippen molar-refractivity contribution in [2.45, 2.75) is 20.3 Å². The average Bonchev–Trinajstić information content (AvgIpc) is 2.63. The van der Waals surface area contributed by atoms with E-state index in [0.29, 0.717) is 5.92 Å². The van der Waals surface area contributed by atoms with Crippen LogP contribution in [-0.2, 0) is 6.42 Å². The van der Waals surface area contributed by atoms with Gasteiger partial charge in [0.05, 0.1) is 0 Å². The lowest BCUT2D eigenvalue weighted by atomic mass is 10.2. The molecule has 1 atom stereocenters. The molecule has 1 aromatic rings. The normalized spacial score (nSPS) is 12.8. The van der Waals surface area contributed by atoms with Gasteiger partial charge in [-0.15, -0.1) is 0 Å². The standard InChI is InChI=1S/C9H18N4S/c1-4-8-12-9(14-13-8)11-6-7(2)5-10-3/h7,10H,4-6H2,1-3H3,(H,11,12,13). The first-order chi connectivity index (χ1) is 6.76. The SMILES string of the molecule is CCc1nsc(NCC(C)CNC)n1. The first-order valence-corrected chi connectivity index (χ1v) is 5.74. The number of rotatable bonds is 6. The Morgan fingerprint density at radius 3 is 2.79 bits per heavy atom. The van der Waals surface area contributed by atoms with Crippen LogP contribution < -0.4 is 10.6 Å². The van der Waals surface area contributed by atoms with Crippen LogP contribution in [0.25, 0.3) is 0 Å². The number of hydrogen-bond acceptors (Lipinski definition) is 5. The zero-order valence-corrected chi connectivity index (χ0v) is 9.82. The minimum absolute atomic E-state index is 0.606. The van der Waals surface area contributed by atoms with Crippen molar-refractivity contribution in [3.63, 3.8) is 0 Å². The summed E-state index contributed by atoms with van der Waals surface area (Å²) in [4.78, 5) is 4.34. The van der Waals surface area contributed by atoms with Crippen molar-refractivity contribution in [3.8, 4) is 0 Å². The summed E-state index contributed by atoms with van der Waals surface area (Å²) in [7, 11) is 1.97. The van der Waals surface area contributed by atoms with Crippen molar-refractivity contribution in [2.75, 3.05) is 25.5 Å². The topological polar surface area (TPSA) is 49.8 Å². The monoisotopic (exact) mass is 214 g/mol. The lowest BCUT2D eigenvalue weighted by Gasteiger charge is -2.10. The summed E-state index contributed by atoms with van der Waals surface area (Å²) in [5.74, 6) is 1.53. The second-order valence-electron chi connectivity index (χ2n) is 3.41. The molecule has 1 unspecified atom stereocenters. The van der Waals surface area contributed by atoms with E-state index in [2.05, 4.69) is 33.8 Å². The van der Waals surface area contributed by atoms with Crippen molar-refractivity contribution in [2.24, 2.45) is 5.92 Å². The van der Waals surface area contributed by atoms with Crippen LogP contribution in [0.15, 0.2) is 0 Å². The highest BCUT2D eigenvalue weighted by atomic mass is 32.1. The molecule has 0 aromatic carbocycles. The fourth-order valence-electron chi connectivity index (χ4n) is 1.15. The Kier molecular flexibility index (Phi) is 4.82. The fourth-order valence-corrected chi connectivity index (χ4v) is 1.81. The summed E-state index contributed by atoms with van der Waals surface area (Å²) >= 11 is 1.44. The molecule has 80 valence electrons. The highest BCUT2D eigenvalue weighted by Crippen LogP contribution is 2.11. The number of nitrogens with zero attached hydrogens (tertiary/aromatic N) is 2. The summed E-state index contributed by atoms with van der Waals surface area (Å²) < 4.78 is 4.21. The van der Waals surface area contributed by atoms with Crippen LogP contribution in [0.4, 0.5) is 5.13 Å². The number of hydrogen-bond donors (Lipinski definition) is 2. The van der Waals surface area contributed by atoms with Gasteiger partial charge in [-0.3, -0.25) is 0 Å². The molecule has 14 heavy (non-hydrogen) atoms. The van der Waals surface area contributed by atoms with E-state index < -0.39 is 0 Å². The third kappa shape index (κ3) is 3.59. The lowest BCUT2D eigenvalue weighted by Crippen LogP contribution is -2.22. The zero-order chi connectivity index (χ0) is 10.4. The molecule has 2 N–H and O–H groups in total. The summed E-state index contributed by atoms with van der Waals surface area (Å²) in [6.07, 6.45) is 0.907. The van der Waals surface area contributed by atoms with Gasteiger partial charge in [0, 0.05) is 24.5 Å². The highest BCUT2D eigenvalue weighted by molar-refractivity contribution is 7.09. The summed E-state index contributed by atoms with van der Waals surface area (Å²) in [6, 6.07) is 0. The van der Waals surface area contributed by atoms with Gasteiger partial charge in [0.2, 0.25) is 5.13 Å². The molecule has 0 saturated carbocycles. The highest BCUT2D eigenvalue weighted by Gasteiger charge is 2.04. The zero-order valence-electron chi connectivity index (χ0n) is 9.00. The third-order valence-electron chi connectivity index (χ3n) is 1.94. The predicted octanol–water partition coefficient (Wildman–Crippen LogP) is 1.37. The van der Waals surface area contributed by atoms with E-state index in [9.17, 15) is 0 Å². The van der Waals surface area contributed by atoms with Crippen molar-refractivity contribution >= 4 is 16.7 Å².